The van der Waals surface area contributed by atoms with E-state index in [1.807, 2.05) is 26.8 Å². The molecule has 0 saturated carbocycles. The van der Waals surface area contributed by atoms with Gasteiger partial charge in [0.05, 0.1) is 5.56 Å². The lowest BCUT2D eigenvalue weighted by molar-refractivity contribution is -0.117. The minimum atomic E-state index is -0.0984. The minimum Gasteiger partial charge on any atom is -0.507 e. The summed E-state index contributed by atoms with van der Waals surface area (Å²) in [4.78, 5) is 23.1. The standard InChI is InChI=1S/C15H20O3/c1-9-5-11(3)15(13(17)7-9)14(18)8-10(2)6-12(4)16/h5,7,10,17H,6,8H2,1-4H3. The molecule has 3 heteroatoms. The number of carbonyl (C=O) groups excluding carboxylic acids is 2. The zero-order valence-corrected chi connectivity index (χ0v) is 11.4. The molecule has 0 aliphatic rings. The molecule has 0 aliphatic heterocycles. The second-order valence-electron chi connectivity index (χ2n) is 5.11. The van der Waals surface area contributed by atoms with Crippen molar-refractivity contribution in [2.45, 2.75) is 40.5 Å². The average Bonchev–Trinajstić information content (AvgIpc) is 2.12. The Kier molecular flexibility index (Phi) is 4.65. The molecule has 0 aromatic heterocycles. The maximum Gasteiger partial charge on any atom is 0.167 e. The molecule has 18 heavy (non-hydrogen) atoms. The fourth-order valence-electron chi connectivity index (χ4n) is 2.29. The average molecular weight is 248 g/mol. The van der Waals surface area contributed by atoms with Crippen molar-refractivity contribution in [1.82, 2.24) is 0 Å². The van der Waals surface area contributed by atoms with Crippen LogP contribution in [0.2, 0.25) is 0 Å². The summed E-state index contributed by atoms with van der Waals surface area (Å²) in [5.74, 6) is 0.0292. The number of benzene rings is 1. The molecule has 1 aromatic rings. The van der Waals surface area contributed by atoms with Gasteiger partial charge in [0.25, 0.3) is 0 Å². The third-order valence-electron chi connectivity index (χ3n) is 2.91. The third-order valence-corrected chi connectivity index (χ3v) is 2.91. The third kappa shape index (κ3) is 3.69. The van der Waals surface area contributed by atoms with Gasteiger partial charge >= 0.3 is 0 Å². The van der Waals surface area contributed by atoms with E-state index in [9.17, 15) is 14.7 Å². The van der Waals surface area contributed by atoms with E-state index >= 15 is 0 Å². The molecule has 0 amide bonds. The highest BCUT2D eigenvalue weighted by Crippen LogP contribution is 2.26. The lowest BCUT2D eigenvalue weighted by Crippen LogP contribution is -2.10. The molecule has 0 saturated heterocycles. The molecule has 0 fully saturated rings. The molecule has 3 nitrogen and oxygen atoms in total. The molecule has 1 rings (SSSR count). The topological polar surface area (TPSA) is 54.4 Å². The van der Waals surface area contributed by atoms with E-state index in [1.54, 1.807) is 6.07 Å². The van der Waals surface area contributed by atoms with E-state index in [1.165, 1.54) is 6.92 Å². The largest absolute Gasteiger partial charge is 0.507 e. The van der Waals surface area contributed by atoms with Gasteiger partial charge in [0, 0.05) is 12.8 Å². The van der Waals surface area contributed by atoms with Crippen LogP contribution in [0.1, 0.15) is 48.2 Å². The van der Waals surface area contributed by atoms with Crippen molar-refractivity contribution in [3.8, 4) is 5.75 Å². The summed E-state index contributed by atoms with van der Waals surface area (Å²) in [6, 6.07) is 3.47. The predicted molar refractivity (Wildman–Crippen MR) is 71.0 cm³/mol. The summed E-state index contributed by atoms with van der Waals surface area (Å²) in [6.07, 6.45) is 0.689. The van der Waals surface area contributed by atoms with Crippen LogP contribution in [0.5, 0.6) is 5.75 Å². The number of hydrogen-bond donors (Lipinski definition) is 1. The summed E-state index contributed by atoms with van der Waals surface area (Å²) in [7, 11) is 0. The van der Waals surface area contributed by atoms with Crippen molar-refractivity contribution >= 4 is 11.6 Å². The molecular formula is C15H20O3. The maximum atomic E-state index is 12.1. The molecule has 98 valence electrons. The number of phenolic OH excluding ortho intramolecular Hbond substituents is 1. The van der Waals surface area contributed by atoms with E-state index < -0.39 is 0 Å². The normalized spacial score (nSPS) is 12.2. The van der Waals surface area contributed by atoms with Gasteiger partial charge in [-0.2, -0.15) is 0 Å². The Balaban J connectivity index is 2.88. The number of phenols is 1. The number of aromatic hydroxyl groups is 1. The Labute approximate surface area is 108 Å². The van der Waals surface area contributed by atoms with Gasteiger partial charge in [-0.3, -0.25) is 4.79 Å². The van der Waals surface area contributed by atoms with Crippen molar-refractivity contribution in [2.24, 2.45) is 5.92 Å². The Bertz CT molecular complexity index is 452. The van der Waals surface area contributed by atoms with Crippen molar-refractivity contribution in [1.29, 1.82) is 0 Å². The van der Waals surface area contributed by atoms with Crippen LogP contribution in [0.3, 0.4) is 0 Å². The van der Waals surface area contributed by atoms with Gasteiger partial charge in [-0.1, -0.05) is 13.0 Å². The molecule has 0 heterocycles. The summed E-state index contributed by atoms with van der Waals surface area (Å²) >= 11 is 0. The number of carbonyl (C=O) groups is 2. The zero-order valence-electron chi connectivity index (χ0n) is 11.4. The summed E-state index contributed by atoms with van der Waals surface area (Å²) in [6.45, 7) is 7.09. The molecule has 0 spiro atoms. The smallest absolute Gasteiger partial charge is 0.167 e. The first-order valence-electron chi connectivity index (χ1n) is 6.14. The number of aryl methyl sites for hydroxylation is 2. The van der Waals surface area contributed by atoms with Crippen LogP contribution in [0.4, 0.5) is 0 Å². The molecular weight excluding hydrogens is 228 g/mol. The van der Waals surface area contributed by atoms with Gasteiger partial charge < -0.3 is 9.90 Å². The maximum absolute atomic E-state index is 12.1. The van der Waals surface area contributed by atoms with E-state index in [0.29, 0.717) is 12.0 Å². The minimum absolute atomic E-state index is 0.00935. The summed E-state index contributed by atoms with van der Waals surface area (Å²) < 4.78 is 0. The number of hydrogen-bond acceptors (Lipinski definition) is 3. The Morgan fingerprint density at radius 2 is 1.83 bits per heavy atom. The van der Waals surface area contributed by atoms with Crippen LogP contribution in [-0.2, 0) is 4.79 Å². The highest BCUT2D eigenvalue weighted by molar-refractivity contribution is 6.00. The lowest BCUT2D eigenvalue weighted by atomic mass is 9.92. The van der Waals surface area contributed by atoms with Crippen molar-refractivity contribution in [2.75, 3.05) is 0 Å². The Hall–Kier alpha value is -1.64. The highest BCUT2D eigenvalue weighted by atomic mass is 16.3. The van der Waals surface area contributed by atoms with E-state index in [4.69, 9.17) is 0 Å². The fraction of sp³-hybridized carbons (Fsp3) is 0.467. The summed E-state index contributed by atoms with van der Waals surface area (Å²) in [5.41, 5.74) is 2.10. The molecule has 0 bridgehead atoms. The molecule has 1 aromatic carbocycles. The van der Waals surface area contributed by atoms with Gasteiger partial charge in [-0.05, 0) is 43.9 Å². The Morgan fingerprint density at radius 1 is 1.22 bits per heavy atom. The number of ketones is 2. The van der Waals surface area contributed by atoms with Crippen molar-refractivity contribution in [3.63, 3.8) is 0 Å². The zero-order chi connectivity index (χ0) is 13.9. The van der Waals surface area contributed by atoms with E-state index in [2.05, 4.69) is 0 Å². The second-order valence-corrected chi connectivity index (χ2v) is 5.11. The van der Waals surface area contributed by atoms with E-state index in [0.717, 1.165) is 11.1 Å². The fourth-order valence-corrected chi connectivity index (χ4v) is 2.29. The molecule has 0 radical (unpaired) electrons. The van der Waals surface area contributed by atoms with Crippen LogP contribution in [0.25, 0.3) is 0 Å². The number of rotatable bonds is 5. The summed E-state index contributed by atoms with van der Waals surface area (Å²) in [5, 5.41) is 9.85. The SMILES string of the molecule is CC(=O)CC(C)CC(=O)c1c(C)cc(C)cc1O. The predicted octanol–water partition coefficient (Wildman–Crippen LogP) is 3.20. The van der Waals surface area contributed by atoms with Gasteiger partial charge in [-0.25, -0.2) is 0 Å². The van der Waals surface area contributed by atoms with Crippen LogP contribution in [0, 0.1) is 19.8 Å². The van der Waals surface area contributed by atoms with Gasteiger partial charge in [0.2, 0.25) is 0 Å². The quantitative estimate of drug-likeness (QED) is 0.814. The first kappa shape index (κ1) is 14.4. The van der Waals surface area contributed by atoms with Crippen LogP contribution < -0.4 is 0 Å². The number of Topliss-reactive ketones (excluding diaryl/α,β-unsaturated/α-hetero) is 2. The van der Waals surface area contributed by atoms with Crippen LogP contribution in [-0.4, -0.2) is 16.7 Å². The van der Waals surface area contributed by atoms with Crippen molar-refractivity contribution < 1.29 is 14.7 Å². The molecule has 0 aliphatic carbocycles. The van der Waals surface area contributed by atoms with Gasteiger partial charge in [0.15, 0.2) is 5.78 Å². The Morgan fingerprint density at radius 3 is 2.33 bits per heavy atom. The monoisotopic (exact) mass is 248 g/mol. The lowest BCUT2D eigenvalue weighted by Gasteiger charge is -2.12. The molecule has 1 N–H and O–H groups in total. The van der Waals surface area contributed by atoms with E-state index in [-0.39, 0.29) is 29.7 Å². The van der Waals surface area contributed by atoms with Crippen molar-refractivity contribution in [3.05, 3.63) is 28.8 Å². The molecule has 1 atom stereocenters. The first-order valence-corrected chi connectivity index (χ1v) is 6.14. The highest BCUT2D eigenvalue weighted by Gasteiger charge is 2.18. The van der Waals surface area contributed by atoms with Crippen LogP contribution >= 0.6 is 0 Å². The first-order chi connectivity index (χ1) is 8.31. The van der Waals surface area contributed by atoms with Gasteiger partial charge in [0.1, 0.15) is 11.5 Å². The van der Waals surface area contributed by atoms with Crippen LogP contribution in [0.15, 0.2) is 12.1 Å². The molecule has 1 unspecified atom stereocenters. The van der Waals surface area contributed by atoms with Gasteiger partial charge in [-0.15, -0.1) is 0 Å². The second kappa shape index (κ2) is 5.80.